The molecular formula is C15H33NO3Y. The van der Waals surface area contributed by atoms with Gasteiger partial charge in [-0.25, -0.2) is 0 Å². The minimum atomic E-state index is -0.527. The van der Waals surface area contributed by atoms with Gasteiger partial charge < -0.3 is 14.6 Å². The number of aliphatic hydroxyl groups excluding tert-OH is 1. The standard InChI is InChI=1S/C14H29NO3.CH4.Y/c1-13(2)7-12(8-14(3,4)15(13)5)18-10-11(16)9-17-6;;/h11-12,16H,7-10H2,1-6H3;1H4;. The van der Waals surface area contributed by atoms with E-state index in [2.05, 4.69) is 39.6 Å². The molecule has 1 atom stereocenters. The predicted molar refractivity (Wildman–Crippen MR) is 79.5 cm³/mol. The third kappa shape index (κ3) is 6.37. The van der Waals surface area contributed by atoms with Gasteiger partial charge in [0, 0.05) is 50.9 Å². The van der Waals surface area contributed by atoms with E-state index >= 15 is 0 Å². The molecule has 0 aliphatic carbocycles. The Hall–Kier alpha value is 0.944. The first-order chi connectivity index (χ1) is 8.19. The van der Waals surface area contributed by atoms with E-state index in [0.717, 1.165) is 12.8 Å². The average Bonchev–Trinajstić information content (AvgIpc) is 2.23. The van der Waals surface area contributed by atoms with Crippen LogP contribution >= 0.6 is 0 Å². The van der Waals surface area contributed by atoms with Gasteiger partial charge in [0.25, 0.3) is 0 Å². The second-order valence-electron chi connectivity index (χ2n) is 6.66. The van der Waals surface area contributed by atoms with E-state index in [9.17, 15) is 5.11 Å². The van der Waals surface area contributed by atoms with Gasteiger partial charge in [0.2, 0.25) is 0 Å². The van der Waals surface area contributed by atoms with E-state index < -0.39 is 6.10 Å². The van der Waals surface area contributed by atoms with Gasteiger partial charge in [0.05, 0.1) is 19.3 Å². The number of piperidine rings is 1. The molecular weight excluding hydrogens is 331 g/mol. The minimum Gasteiger partial charge on any atom is -0.388 e. The van der Waals surface area contributed by atoms with Gasteiger partial charge in [0.15, 0.2) is 0 Å². The fourth-order valence-electron chi connectivity index (χ4n) is 2.89. The molecule has 5 heteroatoms. The summed E-state index contributed by atoms with van der Waals surface area (Å²) in [6.07, 6.45) is 1.66. The summed E-state index contributed by atoms with van der Waals surface area (Å²) in [4.78, 5) is 2.42. The molecule has 20 heavy (non-hydrogen) atoms. The van der Waals surface area contributed by atoms with E-state index in [1.165, 1.54) is 0 Å². The number of rotatable bonds is 5. The van der Waals surface area contributed by atoms with Crippen LogP contribution < -0.4 is 0 Å². The minimum absolute atomic E-state index is 0. The van der Waals surface area contributed by atoms with Crippen LogP contribution in [-0.2, 0) is 42.2 Å². The molecule has 1 saturated heterocycles. The molecule has 4 nitrogen and oxygen atoms in total. The summed E-state index contributed by atoms with van der Waals surface area (Å²) in [6.45, 7) is 9.67. The second kappa shape index (κ2) is 9.17. The number of hydrogen-bond donors (Lipinski definition) is 1. The Balaban J connectivity index is 0. The van der Waals surface area contributed by atoms with Gasteiger partial charge in [0.1, 0.15) is 6.10 Å². The van der Waals surface area contributed by atoms with Crippen molar-refractivity contribution in [1.82, 2.24) is 4.90 Å². The van der Waals surface area contributed by atoms with Crippen molar-refractivity contribution < 1.29 is 47.3 Å². The summed E-state index contributed by atoms with van der Waals surface area (Å²) in [7, 11) is 3.76. The normalized spacial score (nSPS) is 23.6. The molecule has 1 fully saturated rings. The van der Waals surface area contributed by atoms with Crippen LogP contribution in [0, 0.1) is 0 Å². The maximum atomic E-state index is 9.63. The zero-order chi connectivity index (χ0) is 14.0. The van der Waals surface area contributed by atoms with Crippen molar-refractivity contribution in [3.63, 3.8) is 0 Å². The van der Waals surface area contributed by atoms with Crippen LogP contribution in [0.5, 0.6) is 0 Å². The molecule has 1 N–H and O–H groups in total. The first-order valence-corrected chi connectivity index (χ1v) is 6.71. The van der Waals surface area contributed by atoms with E-state index in [1.807, 2.05) is 0 Å². The molecule has 1 unspecified atom stereocenters. The van der Waals surface area contributed by atoms with E-state index in [4.69, 9.17) is 9.47 Å². The van der Waals surface area contributed by atoms with Gasteiger partial charge in [-0.05, 0) is 47.6 Å². The van der Waals surface area contributed by atoms with Crippen molar-refractivity contribution in [2.45, 2.75) is 71.2 Å². The van der Waals surface area contributed by atoms with Crippen LogP contribution in [0.3, 0.4) is 0 Å². The predicted octanol–water partition coefficient (Wildman–Crippen LogP) is 2.30. The maximum Gasteiger partial charge on any atom is 0.101 e. The first-order valence-electron chi connectivity index (χ1n) is 6.71. The van der Waals surface area contributed by atoms with Crippen LogP contribution in [0.25, 0.3) is 0 Å². The summed E-state index contributed by atoms with van der Waals surface area (Å²) in [5.74, 6) is 0. The average molecular weight is 364 g/mol. The quantitative estimate of drug-likeness (QED) is 0.813. The third-order valence-electron chi connectivity index (χ3n) is 4.15. The molecule has 119 valence electrons. The summed E-state index contributed by atoms with van der Waals surface area (Å²) in [6, 6.07) is 0. The van der Waals surface area contributed by atoms with Crippen molar-refractivity contribution in [2.24, 2.45) is 0 Å². The van der Waals surface area contributed by atoms with Gasteiger partial charge in [-0.15, -0.1) is 0 Å². The Morgan fingerprint density at radius 2 is 1.60 bits per heavy atom. The molecule has 1 aliphatic rings. The SMILES string of the molecule is C.COCC(O)COC1CC(C)(C)N(C)C(C)(C)C1.[Y]. The van der Waals surface area contributed by atoms with Crippen LogP contribution in [-0.4, -0.2) is 60.7 Å². The van der Waals surface area contributed by atoms with Crippen molar-refractivity contribution >= 4 is 0 Å². The van der Waals surface area contributed by atoms with Gasteiger partial charge in [-0.3, -0.25) is 4.90 Å². The molecule has 1 aliphatic heterocycles. The molecule has 1 radical (unpaired) electrons. The summed E-state index contributed by atoms with van der Waals surface area (Å²) in [5, 5.41) is 9.63. The Morgan fingerprint density at radius 3 is 2.00 bits per heavy atom. The topological polar surface area (TPSA) is 41.9 Å². The zero-order valence-electron chi connectivity index (χ0n) is 13.3. The Kier molecular flexibility index (Phi) is 10.6. The zero-order valence-corrected chi connectivity index (χ0v) is 16.1. The summed E-state index contributed by atoms with van der Waals surface area (Å²) < 4.78 is 10.8. The molecule has 0 aromatic carbocycles. The fraction of sp³-hybridized carbons (Fsp3) is 1.00. The van der Waals surface area contributed by atoms with Crippen molar-refractivity contribution in [3.05, 3.63) is 0 Å². The van der Waals surface area contributed by atoms with Crippen LogP contribution in [0.2, 0.25) is 0 Å². The summed E-state index contributed by atoms with van der Waals surface area (Å²) in [5.41, 5.74) is 0.247. The fourth-order valence-corrected chi connectivity index (χ4v) is 2.89. The molecule has 0 saturated carbocycles. The number of ether oxygens (including phenoxy) is 2. The van der Waals surface area contributed by atoms with Crippen molar-refractivity contribution in [2.75, 3.05) is 27.4 Å². The smallest absolute Gasteiger partial charge is 0.101 e. The second-order valence-corrected chi connectivity index (χ2v) is 6.66. The van der Waals surface area contributed by atoms with Gasteiger partial charge in [-0.2, -0.15) is 0 Å². The van der Waals surface area contributed by atoms with Crippen LogP contribution in [0.15, 0.2) is 0 Å². The Bertz CT molecular complexity index is 254. The first kappa shape index (κ1) is 23.2. The van der Waals surface area contributed by atoms with Crippen LogP contribution in [0.1, 0.15) is 48.0 Å². The summed E-state index contributed by atoms with van der Waals surface area (Å²) >= 11 is 0. The van der Waals surface area contributed by atoms with Crippen molar-refractivity contribution in [1.29, 1.82) is 0 Å². The van der Waals surface area contributed by atoms with E-state index in [1.54, 1.807) is 7.11 Å². The van der Waals surface area contributed by atoms with E-state index in [0.29, 0.717) is 13.2 Å². The maximum absolute atomic E-state index is 9.63. The monoisotopic (exact) mass is 364 g/mol. The van der Waals surface area contributed by atoms with Gasteiger partial charge >= 0.3 is 0 Å². The van der Waals surface area contributed by atoms with Crippen molar-refractivity contribution in [3.8, 4) is 0 Å². The molecule has 1 heterocycles. The number of aliphatic hydroxyl groups is 1. The number of likely N-dealkylation sites (tertiary alicyclic amines) is 1. The Labute approximate surface area is 150 Å². The largest absolute Gasteiger partial charge is 0.388 e. The molecule has 0 bridgehead atoms. The molecule has 1 rings (SSSR count). The molecule has 0 aromatic rings. The van der Waals surface area contributed by atoms with E-state index in [-0.39, 0.29) is 57.3 Å². The Morgan fingerprint density at radius 1 is 1.15 bits per heavy atom. The van der Waals surface area contributed by atoms with Crippen LogP contribution in [0.4, 0.5) is 0 Å². The van der Waals surface area contributed by atoms with Gasteiger partial charge in [-0.1, -0.05) is 7.43 Å². The number of methoxy groups -OCH3 is 1. The third-order valence-corrected chi connectivity index (χ3v) is 4.15. The molecule has 0 aromatic heterocycles. The number of nitrogens with zero attached hydrogens (tertiary/aromatic N) is 1. The number of hydrogen-bond acceptors (Lipinski definition) is 4. The molecule has 0 amide bonds. The molecule has 0 spiro atoms.